The Kier molecular flexibility index (Phi) is 7.30. The summed E-state index contributed by atoms with van der Waals surface area (Å²) in [6.07, 6.45) is 4.17. The maximum atomic E-state index is 12.6. The van der Waals surface area contributed by atoms with Crippen LogP contribution in [-0.2, 0) is 0 Å². The van der Waals surface area contributed by atoms with E-state index in [1.807, 2.05) is 4.90 Å². The lowest BCUT2D eigenvalue weighted by molar-refractivity contribution is 0.0604. The topological polar surface area (TPSA) is 46.3 Å². The molecule has 1 aromatic carbocycles. The van der Waals surface area contributed by atoms with Gasteiger partial charge in [-0.15, -0.1) is 12.4 Å². The number of nitrogens with zero attached hydrogens (tertiary/aromatic N) is 1. The van der Waals surface area contributed by atoms with Gasteiger partial charge in [-0.1, -0.05) is 11.6 Å². The van der Waals surface area contributed by atoms with Crippen molar-refractivity contribution in [2.75, 3.05) is 13.1 Å². The molecule has 20 heavy (non-hydrogen) atoms. The zero-order valence-electron chi connectivity index (χ0n) is 11.1. The first kappa shape index (κ1) is 17.8. The van der Waals surface area contributed by atoms with Gasteiger partial charge in [0.1, 0.15) is 0 Å². The third-order valence-electron chi connectivity index (χ3n) is 3.55. The van der Waals surface area contributed by atoms with Gasteiger partial charge in [0.25, 0.3) is 5.91 Å². The quantitative estimate of drug-likeness (QED) is 0.863. The van der Waals surface area contributed by atoms with Crippen LogP contribution < -0.4 is 5.73 Å². The van der Waals surface area contributed by atoms with Crippen LogP contribution in [0.2, 0.25) is 5.02 Å². The predicted octanol–water partition coefficient (Wildman–Crippen LogP) is 3.87. The first-order valence-corrected chi connectivity index (χ1v) is 7.76. The summed E-state index contributed by atoms with van der Waals surface area (Å²) in [7, 11) is 0. The molecular formula is C14H19BrCl2N2O. The molecule has 1 amide bonds. The number of carbonyl (C=O) groups excluding carboxylic acids is 1. The highest BCUT2D eigenvalue weighted by atomic mass is 79.9. The molecule has 112 valence electrons. The minimum Gasteiger partial charge on any atom is -0.336 e. The van der Waals surface area contributed by atoms with Crippen LogP contribution in [0.4, 0.5) is 0 Å². The summed E-state index contributed by atoms with van der Waals surface area (Å²) in [5, 5.41) is 0.626. The van der Waals surface area contributed by atoms with Gasteiger partial charge in [-0.3, -0.25) is 4.79 Å². The maximum Gasteiger partial charge on any atom is 0.255 e. The molecular weight excluding hydrogens is 363 g/mol. The van der Waals surface area contributed by atoms with Crippen LogP contribution >= 0.6 is 39.9 Å². The number of piperidine rings is 1. The second kappa shape index (κ2) is 8.23. The lowest BCUT2D eigenvalue weighted by Crippen LogP contribution is -2.44. The van der Waals surface area contributed by atoms with Crippen molar-refractivity contribution < 1.29 is 4.79 Å². The Bertz CT molecular complexity index is 468. The second-order valence-electron chi connectivity index (χ2n) is 4.85. The van der Waals surface area contributed by atoms with E-state index < -0.39 is 0 Å². The number of hydrogen-bond donors (Lipinski definition) is 1. The van der Waals surface area contributed by atoms with Gasteiger partial charge in [0.15, 0.2) is 0 Å². The highest BCUT2D eigenvalue weighted by Crippen LogP contribution is 2.26. The van der Waals surface area contributed by atoms with Gasteiger partial charge < -0.3 is 10.6 Å². The first-order valence-electron chi connectivity index (χ1n) is 6.59. The Morgan fingerprint density at radius 3 is 2.85 bits per heavy atom. The lowest BCUT2D eigenvalue weighted by Gasteiger charge is -2.36. The van der Waals surface area contributed by atoms with E-state index in [-0.39, 0.29) is 24.4 Å². The Morgan fingerprint density at radius 1 is 1.45 bits per heavy atom. The van der Waals surface area contributed by atoms with Crippen LogP contribution in [0.3, 0.4) is 0 Å². The standard InChI is InChI=1S/C14H18BrClN2O.ClH/c15-13-9-10(16)4-5-12(13)14(19)18-8-2-1-3-11(18)6-7-17;/h4-5,9,11H,1-3,6-8,17H2;1H. The highest BCUT2D eigenvalue weighted by molar-refractivity contribution is 9.10. The van der Waals surface area contributed by atoms with Crippen molar-refractivity contribution in [3.8, 4) is 0 Å². The largest absolute Gasteiger partial charge is 0.336 e. The van der Waals surface area contributed by atoms with Gasteiger partial charge in [0.2, 0.25) is 0 Å². The van der Waals surface area contributed by atoms with E-state index in [1.165, 1.54) is 6.42 Å². The van der Waals surface area contributed by atoms with E-state index in [0.717, 1.165) is 30.3 Å². The fourth-order valence-corrected chi connectivity index (χ4v) is 3.43. The molecule has 1 unspecified atom stereocenters. The number of halogens is 3. The fraction of sp³-hybridized carbons (Fsp3) is 0.500. The number of carbonyl (C=O) groups is 1. The molecule has 0 radical (unpaired) electrons. The summed E-state index contributed by atoms with van der Waals surface area (Å²) < 4.78 is 0.752. The highest BCUT2D eigenvalue weighted by Gasteiger charge is 2.27. The SMILES string of the molecule is Cl.NCCC1CCCCN1C(=O)c1ccc(Cl)cc1Br. The van der Waals surface area contributed by atoms with Gasteiger partial charge in [-0.25, -0.2) is 0 Å². The number of amides is 1. The van der Waals surface area contributed by atoms with E-state index >= 15 is 0 Å². The molecule has 1 saturated heterocycles. The maximum absolute atomic E-state index is 12.6. The number of nitrogens with two attached hydrogens (primary N) is 1. The van der Waals surface area contributed by atoms with E-state index in [4.69, 9.17) is 17.3 Å². The van der Waals surface area contributed by atoms with Crippen LogP contribution in [0.1, 0.15) is 36.0 Å². The third kappa shape index (κ3) is 4.10. The Hall–Kier alpha value is -0.290. The first-order chi connectivity index (χ1) is 9.13. The van der Waals surface area contributed by atoms with Crippen LogP contribution in [0.15, 0.2) is 22.7 Å². The van der Waals surface area contributed by atoms with Gasteiger partial charge in [-0.05, 0) is 66.4 Å². The molecule has 6 heteroatoms. The number of rotatable bonds is 3. The van der Waals surface area contributed by atoms with Gasteiger partial charge in [-0.2, -0.15) is 0 Å². The number of benzene rings is 1. The lowest BCUT2D eigenvalue weighted by atomic mass is 9.98. The monoisotopic (exact) mass is 380 g/mol. The van der Waals surface area contributed by atoms with Crippen molar-refractivity contribution in [3.63, 3.8) is 0 Å². The smallest absolute Gasteiger partial charge is 0.255 e. The second-order valence-corrected chi connectivity index (χ2v) is 6.14. The minimum atomic E-state index is 0. The molecule has 0 saturated carbocycles. The molecule has 0 bridgehead atoms. The van der Waals surface area contributed by atoms with E-state index in [2.05, 4.69) is 15.9 Å². The molecule has 0 spiro atoms. The van der Waals surface area contributed by atoms with Crippen LogP contribution in [0.25, 0.3) is 0 Å². The van der Waals surface area contributed by atoms with Crippen molar-refractivity contribution in [1.29, 1.82) is 0 Å². The molecule has 2 N–H and O–H groups in total. The van der Waals surface area contributed by atoms with Gasteiger partial charge >= 0.3 is 0 Å². The molecule has 1 aromatic rings. The molecule has 1 aliphatic rings. The number of hydrogen-bond acceptors (Lipinski definition) is 2. The van der Waals surface area contributed by atoms with Crippen LogP contribution in [0.5, 0.6) is 0 Å². The molecule has 3 nitrogen and oxygen atoms in total. The summed E-state index contributed by atoms with van der Waals surface area (Å²) in [6, 6.07) is 5.56. The summed E-state index contributed by atoms with van der Waals surface area (Å²) >= 11 is 9.33. The average Bonchev–Trinajstić information content (AvgIpc) is 2.39. The molecule has 1 fully saturated rings. The Balaban J connectivity index is 0.00000200. The minimum absolute atomic E-state index is 0. The molecule has 0 aromatic heterocycles. The summed E-state index contributed by atoms with van der Waals surface area (Å²) in [5.41, 5.74) is 6.32. The molecule has 0 aliphatic carbocycles. The number of likely N-dealkylation sites (tertiary alicyclic amines) is 1. The third-order valence-corrected chi connectivity index (χ3v) is 4.44. The summed E-state index contributed by atoms with van der Waals surface area (Å²) in [6.45, 7) is 1.44. The molecule has 1 atom stereocenters. The average molecular weight is 382 g/mol. The predicted molar refractivity (Wildman–Crippen MR) is 88.7 cm³/mol. The van der Waals surface area contributed by atoms with Crippen molar-refractivity contribution in [2.24, 2.45) is 5.73 Å². The van der Waals surface area contributed by atoms with Crippen LogP contribution in [0, 0.1) is 0 Å². The fourth-order valence-electron chi connectivity index (χ4n) is 2.58. The zero-order chi connectivity index (χ0) is 13.8. The van der Waals surface area contributed by atoms with Gasteiger partial charge in [0.05, 0.1) is 5.56 Å². The zero-order valence-corrected chi connectivity index (χ0v) is 14.3. The molecule has 2 rings (SSSR count). The van der Waals surface area contributed by atoms with E-state index in [9.17, 15) is 4.79 Å². The van der Waals surface area contributed by atoms with Gasteiger partial charge in [0, 0.05) is 22.1 Å². The van der Waals surface area contributed by atoms with Crippen molar-refractivity contribution in [1.82, 2.24) is 4.90 Å². The van der Waals surface area contributed by atoms with Crippen LogP contribution in [-0.4, -0.2) is 29.9 Å². The van der Waals surface area contributed by atoms with Crippen molar-refractivity contribution >= 4 is 45.8 Å². The molecule has 1 heterocycles. The van der Waals surface area contributed by atoms with Crippen molar-refractivity contribution in [2.45, 2.75) is 31.7 Å². The van der Waals surface area contributed by atoms with Crippen molar-refractivity contribution in [3.05, 3.63) is 33.3 Å². The summed E-state index contributed by atoms with van der Waals surface area (Å²) in [5.74, 6) is 0.0710. The summed E-state index contributed by atoms with van der Waals surface area (Å²) in [4.78, 5) is 14.6. The Labute approximate surface area is 139 Å². The molecule has 1 aliphatic heterocycles. The van der Waals surface area contributed by atoms with E-state index in [0.29, 0.717) is 17.1 Å². The van der Waals surface area contributed by atoms with E-state index in [1.54, 1.807) is 18.2 Å². The normalized spacial score (nSPS) is 18.6. The Morgan fingerprint density at radius 2 is 2.20 bits per heavy atom.